The van der Waals surface area contributed by atoms with Crippen LogP contribution in [0.15, 0.2) is 54.6 Å². The van der Waals surface area contributed by atoms with Crippen LogP contribution in [0.4, 0.5) is 0 Å². The van der Waals surface area contributed by atoms with Crippen LogP contribution in [0.3, 0.4) is 0 Å². The zero-order chi connectivity index (χ0) is 18.7. The average Bonchev–Trinajstić information content (AvgIpc) is 3.07. The predicted octanol–water partition coefficient (Wildman–Crippen LogP) is 5.32. The van der Waals surface area contributed by atoms with Gasteiger partial charge in [-0.05, 0) is 67.3 Å². The minimum Gasteiger partial charge on any atom is -0.427 e. The molecule has 4 rings (SSSR count). The number of piperidine rings is 1. The maximum absolute atomic E-state index is 11.6. The van der Waals surface area contributed by atoms with Gasteiger partial charge in [0.2, 0.25) is 0 Å². The molecular formula is C24H30BrNO2. The van der Waals surface area contributed by atoms with Crippen LogP contribution in [0, 0.1) is 0 Å². The van der Waals surface area contributed by atoms with Gasteiger partial charge in [-0.25, -0.2) is 0 Å². The van der Waals surface area contributed by atoms with E-state index >= 15 is 0 Å². The first-order valence-corrected chi connectivity index (χ1v) is 10.3. The van der Waals surface area contributed by atoms with Gasteiger partial charge in [0.25, 0.3) is 0 Å². The van der Waals surface area contributed by atoms with Crippen LogP contribution in [0.2, 0.25) is 0 Å². The Hall–Kier alpha value is -1.65. The van der Waals surface area contributed by atoms with E-state index in [4.69, 9.17) is 4.74 Å². The number of nitrogens with zero attached hydrogens (tertiary/aromatic N) is 1. The van der Waals surface area contributed by atoms with Gasteiger partial charge >= 0.3 is 5.97 Å². The summed E-state index contributed by atoms with van der Waals surface area (Å²) in [5.74, 6) is 0.536. The molecule has 1 heterocycles. The molecule has 0 aromatic heterocycles. The third-order valence-electron chi connectivity index (χ3n) is 6.47. The number of carbonyl (C=O) groups excluding carboxylic acids is 1. The Morgan fingerprint density at radius 3 is 2.75 bits per heavy atom. The number of benzene rings is 2. The first-order chi connectivity index (χ1) is 13.2. The molecule has 0 spiro atoms. The van der Waals surface area contributed by atoms with Gasteiger partial charge in [-0.3, -0.25) is 9.69 Å². The second kappa shape index (κ2) is 9.23. The summed E-state index contributed by atoms with van der Waals surface area (Å²) in [5, 5.41) is 0. The summed E-state index contributed by atoms with van der Waals surface area (Å²) in [4.78, 5) is 14.3. The van der Waals surface area contributed by atoms with Crippen molar-refractivity contribution in [1.82, 2.24) is 4.90 Å². The van der Waals surface area contributed by atoms with E-state index in [1.54, 1.807) is 0 Å². The molecule has 1 aliphatic carbocycles. The summed E-state index contributed by atoms with van der Waals surface area (Å²) in [6.45, 7) is 4.15. The Kier molecular flexibility index (Phi) is 6.95. The Morgan fingerprint density at radius 1 is 1.14 bits per heavy atom. The molecule has 2 atom stereocenters. The quantitative estimate of drug-likeness (QED) is 0.446. The molecule has 4 heteroatoms. The zero-order valence-electron chi connectivity index (χ0n) is 16.6. The van der Waals surface area contributed by atoms with Gasteiger partial charge in [-0.2, -0.15) is 0 Å². The van der Waals surface area contributed by atoms with Crippen molar-refractivity contribution in [1.29, 1.82) is 0 Å². The highest BCUT2D eigenvalue weighted by Gasteiger charge is 2.46. The van der Waals surface area contributed by atoms with Crippen molar-refractivity contribution in [3.8, 4) is 5.75 Å². The van der Waals surface area contributed by atoms with E-state index in [0.717, 1.165) is 19.5 Å². The highest BCUT2D eigenvalue weighted by molar-refractivity contribution is 8.93. The Balaban J connectivity index is 0.00000225. The van der Waals surface area contributed by atoms with E-state index in [1.165, 1.54) is 36.8 Å². The second-order valence-corrected chi connectivity index (χ2v) is 8.05. The van der Waals surface area contributed by atoms with Gasteiger partial charge in [-0.1, -0.05) is 49.4 Å². The molecule has 2 aromatic carbocycles. The van der Waals surface area contributed by atoms with Gasteiger partial charge in [0.15, 0.2) is 0 Å². The van der Waals surface area contributed by atoms with Crippen molar-refractivity contribution in [2.24, 2.45) is 0 Å². The summed E-state index contributed by atoms with van der Waals surface area (Å²) in [6.07, 6.45) is 6.48. The fourth-order valence-electron chi connectivity index (χ4n) is 4.89. The molecule has 3 nitrogen and oxygen atoms in total. The van der Waals surface area contributed by atoms with Crippen molar-refractivity contribution < 1.29 is 9.53 Å². The lowest BCUT2D eigenvalue weighted by Gasteiger charge is -2.40. The van der Waals surface area contributed by atoms with Gasteiger partial charge in [-0.15, -0.1) is 17.0 Å². The maximum Gasteiger partial charge on any atom is 0.310 e. The van der Waals surface area contributed by atoms with Crippen LogP contribution in [-0.2, 0) is 16.6 Å². The van der Waals surface area contributed by atoms with Crippen molar-refractivity contribution in [3.63, 3.8) is 0 Å². The fraction of sp³-hybridized carbons (Fsp3) is 0.458. The van der Waals surface area contributed by atoms with Crippen molar-refractivity contribution in [3.05, 3.63) is 65.7 Å². The lowest BCUT2D eigenvalue weighted by molar-refractivity contribution is -0.134. The van der Waals surface area contributed by atoms with E-state index < -0.39 is 0 Å². The predicted molar refractivity (Wildman–Crippen MR) is 118 cm³/mol. The number of likely N-dealkylation sites (tertiary alicyclic amines) is 1. The van der Waals surface area contributed by atoms with Crippen molar-refractivity contribution in [2.45, 2.75) is 56.9 Å². The highest BCUT2D eigenvalue weighted by atomic mass is 79.9. The standard InChI is InChI=1S/C24H29NO2.BrH/c1-2-23(26)27-22-10-6-9-20(17-22)24-13-11-21(18-24)25(16-14-24)15-12-19-7-4-3-5-8-19;/h3-10,17,21H,2,11-16,18H2,1H3;1H. The fourth-order valence-corrected chi connectivity index (χ4v) is 4.89. The number of hydrogen-bond donors (Lipinski definition) is 0. The third kappa shape index (κ3) is 4.49. The molecule has 2 fully saturated rings. The first kappa shape index (κ1) is 21.1. The molecule has 2 aromatic rings. The molecular weight excluding hydrogens is 414 g/mol. The van der Waals surface area contributed by atoms with E-state index in [9.17, 15) is 4.79 Å². The number of hydrogen-bond acceptors (Lipinski definition) is 3. The van der Waals surface area contributed by atoms with E-state index in [2.05, 4.69) is 47.4 Å². The average molecular weight is 444 g/mol. The number of esters is 1. The summed E-state index contributed by atoms with van der Waals surface area (Å²) in [6, 6.07) is 19.8. The lowest BCUT2D eigenvalue weighted by atomic mass is 9.74. The molecule has 1 aliphatic heterocycles. The van der Waals surface area contributed by atoms with Gasteiger partial charge in [0.1, 0.15) is 5.75 Å². The molecule has 0 N–H and O–H groups in total. The maximum atomic E-state index is 11.6. The Bertz CT molecular complexity index is 794. The number of halogens is 1. The number of carbonyl (C=O) groups is 1. The van der Waals surface area contributed by atoms with Crippen LogP contribution in [0.1, 0.15) is 50.2 Å². The monoisotopic (exact) mass is 443 g/mol. The lowest BCUT2D eigenvalue weighted by Crippen LogP contribution is -2.44. The summed E-state index contributed by atoms with van der Waals surface area (Å²) < 4.78 is 5.46. The molecule has 1 saturated heterocycles. The van der Waals surface area contributed by atoms with Crippen molar-refractivity contribution in [2.75, 3.05) is 13.1 Å². The van der Waals surface area contributed by atoms with Gasteiger partial charge in [0.05, 0.1) is 0 Å². The van der Waals surface area contributed by atoms with E-state index in [0.29, 0.717) is 18.2 Å². The van der Waals surface area contributed by atoms with Gasteiger partial charge in [0, 0.05) is 19.0 Å². The minimum atomic E-state index is -0.162. The molecule has 2 aliphatic rings. The SMILES string of the molecule is Br.CCC(=O)Oc1cccc(C23CCC(C2)N(CCc2ccccc2)CC3)c1. The third-order valence-corrected chi connectivity index (χ3v) is 6.47. The molecule has 2 unspecified atom stereocenters. The van der Waals surface area contributed by atoms with Gasteiger partial charge < -0.3 is 4.74 Å². The van der Waals surface area contributed by atoms with Crippen LogP contribution in [0.25, 0.3) is 0 Å². The first-order valence-electron chi connectivity index (χ1n) is 10.3. The Morgan fingerprint density at radius 2 is 1.96 bits per heavy atom. The topological polar surface area (TPSA) is 29.5 Å². The number of fused-ring (bicyclic) bond motifs is 2. The smallest absolute Gasteiger partial charge is 0.310 e. The van der Waals surface area contributed by atoms with Crippen LogP contribution in [-0.4, -0.2) is 30.0 Å². The normalized spacial score (nSPS) is 23.8. The van der Waals surface area contributed by atoms with E-state index in [-0.39, 0.29) is 28.4 Å². The summed E-state index contributed by atoms with van der Waals surface area (Å²) in [5.41, 5.74) is 3.05. The largest absolute Gasteiger partial charge is 0.427 e. The van der Waals surface area contributed by atoms with Crippen LogP contribution >= 0.6 is 17.0 Å². The second-order valence-electron chi connectivity index (χ2n) is 8.05. The summed E-state index contributed by atoms with van der Waals surface area (Å²) in [7, 11) is 0. The van der Waals surface area contributed by atoms with Crippen LogP contribution in [0.5, 0.6) is 5.75 Å². The molecule has 0 radical (unpaired) electrons. The molecule has 1 saturated carbocycles. The Labute approximate surface area is 178 Å². The zero-order valence-corrected chi connectivity index (χ0v) is 18.3. The minimum absolute atomic E-state index is 0. The summed E-state index contributed by atoms with van der Waals surface area (Å²) >= 11 is 0. The molecule has 150 valence electrons. The van der Waals surface area contributed by atoms with Crippen LogP contribution < -0.4 is 4.74 Å². The van der Waals surface area contributed by atoms with Crippen molar-refractivity contribution >= 4 is 23.0 Å². The molecule has 0 amide bonds. The number of ether oxygens (including phenoxy) is 1. The molecule has 2 bridgehead atoms. The van der Waals surface area contributed by atoms with E-state index in [1.807, 2.05) is 19.1 Å². The number of rotatable bonds is 6. The molecule has 28 heavy (non-hydrogen) atoms. The highest BCUT2D eigenvalue weighted by Crippen LogP contribution is 2.49.